The molecule has 112 valence electrons. The quantitative estimate of drug-likeness (QED) is 0.908. The van der Waals surface area contributed by atoms with Gasteiger partial charge in [-0.1, -0.05) is 6.07 Å². The fourth-order valence-electron chi connectivity index (χ4n) is 2.28. The molecule has 1 aromatic rings. The number of halogens is 1. The van der Waals surface area contributed by atoms with Gasteiger partial charge in [-0.25, -0.2) is 0 Å². The molecule has 1 aliphatic rings. The molecule has 1 amide bonds. The molecule has 1 heterocycles. The van der Waals surface area contributed by atoms with E-state index in [2.05, 4.69) is 11.0 Å². The van der Waals surface area contributed by atoms with Crippen LogP contribution in [0.3, 0.4) is 0 Å². The largest absolute Gasteiger partial charge is 0.497 e. The molecule has 1 fully saturated rings. The Hall–Kier alpha value is -1.46. The lowest BCUT2D eigenvalue weighted by molar-refractivity contribution is -0.132. The Bertz CT molecular complexity index is 446. The van der Waals surface area contributed by atoms with Crippen LogP contribution in [0, 0.1) is 0 Å². The van der Waals surface area contributed by atoms with Crippen molar-refractivity contribution in [1.29, 1.82) is 0 Å². The Labute approximate surface area is 126 Å². The molecular formula is C14H22ClN3O2. The number of piperazine rings is 1. The summed E-state index contributed by atoms with van der Waals surface area (Å²) in [6.45, 7) is 4.82. The third kappa shape index (κ3) is 3.77. The average Bonchev–Trinajstić information content (AvgIpc) is 2.46. The van der Waals surface area contributed by atoms with Gasteiger partial charge in [0.15, 0.2) is 0 Å². The van der Waals surface area contributed by atoms with Gasteiger partial charge in [-0.15, -0.1) is 12.4 Å². The first kappa shape index (κ1) is 16.6. The monoisotopic (exact) mass is 299 g/mol. The Morgan fingerprint density at radius 3 is 2.50 bits per heavy atom. The second kappa shape index (κ2) is 7.36. The molecule has 20 heavy (non-hydrogen) atoms. The first-order valence-corrected chi connectivity index (χ1v) is 6.55. The number of anilines is 1. The number of nitrogens with zero attached hydrogens (tertiary/aromatic N) is 2. The maximum atomic E-state index is 11.8. The zero-order valence-electron chi connectivity index (χ0n) is 11.9. The molecule has 2 N–H and O–H groups in total. The van der Waals surface area contributed by atoms with E-state index >= 15 is 0 Å². The maximum absolute atomic E-state index is 11.8. The van der Waals surface area contributed by atoms with Crippen LogP contribution in [0.5, 0.6) is 5.75 Å². The number of benzene rings is 1. The number of methoxy groups -OCH3 is 1. The molecule has 0 radical (unpaired) electrons. The van der Waals surface area contributed by atoms with Gasteiger partial charge in [-0.2, -0.15) is 0 Å². The number of ether oxygens (including phenoxy) is 1. The van der Waals surface area contributed by atoms with E-state index in [9.17, 15) is 4.79 Å². The molecule has 6 heteroatoms. The molecule has 1 aromatic carbocycles. The van der Waals surface area contributed by atoms with Crippen LogP contribution in [-0.2, 0) is 4.79 Å². The number of nitrogens with two attached hydrogens (primary N) is 1. The van der Waals surface area contributed by atoms with E-state index in [1.807, 2.05) is 23.1 Å². The van der Waals surface area contributed by atoms with Crippen LogP contribution < -0.4 is 15.4 Å². The van der Waals surface area contributed by atoms with Crippen molar-refractivity contribution < 1.29 is 9.53 Å². The first-order chi connectivity index (χ1) is 9.11. The molecule has 1 aliphatic heterocycles. The van der Waals surface area contributed by atoms with E-state index in [-0.39, 0.29) is 18.3 Å². The molecule has 1 saturated heterocycles. The smallest absolute Gasteiger partial charge is 0.239 e. The van der Waals surface area contributed by atoms with Crippen LogP contribution in [0.25, 0.3) is 0 Å². The van der Waals surface area contributed by atoms with Gasteiger partial charge in [0.25, 0.3) is 0 Å². The van der Waals surface area contributed by atoms with Crippen LogP contribution >= 0.6 is 12.4 Å². The number of hydrogen-bond donors (Lipinski definition) is 1. The van der Waals surface area contributed by atoms with Crippen molar-refractivity contribution in [3.8, 4) is 5.75 Å². The minimum absolute atomic E-state index is 0. The van der Waals surface area contributed by atoms with Gasteiger partial charge in [-0.05, 0) is 19.1 Å². The van der Waals surface area contributed by atoms with Crippen molar-refractivity contribution in [1.82, 2.24) is 4.90 Å². The van der Waals surface area contributed by atoms with E-state index in [0.29, 0.717) is 0 Å². The molecule has 5 nitrogen and oxygen atoms in total. The van der Waals surface area contributed by atoms with Gasteiger partial charge < -0.3 is 20.3 Å². The SMILES string of the molecule is COc1cccc(N2CCN(C(=O)C(C)N)CC2)c1.Cl. The molecule has 2 rings (SSSR count). The summed E-state index contributed by atoms with van der Waals surface area (Å²) in [6, 6.07) is 7.57. The maximum Gasteiger partial charge on any atom is 0.239 e. The number of amides is 1. The summed E-state index contributed by atoms with van der Waals surface area (Å²) >= 11 is 0. The predicted molar refractivity (Wildman–Crippen MR) is 82.7 cm³/mol. The van der Waals surface area contributed by atoms with Gasteiger partial charge in [-0.3, -0.25) is 4.79 Å². The van der Waals surface area contributed by atoms with Crippen LogP contribution in [-0.4, -0.2) is 50.1 Å². The summed E-state index contributed by atoms with van der Waals surface area (Å²) in [6.07, 6.45) is 0. The lowest BCUT2D eigenvalue weighted by Crippen LogP contribution is -2.52. The minimum atomic E-state index is -0.414. The Morgan fingerprint density at radius 2 is 1.95 bits per heavy atom. The molecule has 1 unspecified atom stereocenters. The minimum Gasteiger partial charge on any atom is -0.497 e. The highest BCUT2D eigenvalue weighted by atomic mass is 35.5. The fraction of sp³-hybridized carbons (Fsp3) is 0.500. The van der Waals surface area contributed by atoms with Crippen molar-refractivity contribution in [3.05, 3.63) is 24.3 Å². The third-order valence-electron chi connectivity index (χ3n) is 3.40. The van der Waals surface area contributed by atoms with E-state index in [1.165, 1.54) is 0 Å². The number of hydrogen-bond acceptors (Lipinski definition) is 4. The normalized spacial score (nSPS) is 16.4. The van der Waals surface area contributed by atoms with Crippen molar-refractivity contribution >= 4 is 24.0 Å². The summed E-state index contributed by atoms with van der Waals surface area (Å²) in [4.78, 5) is 15.9. The van der Waals surface area contributed by atoms with Gasteiger partial charge in [0, 0.05) is 37.9 Å². The zero-order valence-corrected chi connectivity index (χ0v) is 12.7. The number of rotatable bonds is 3. The molecule has 0 aromatic heterocycles. The van der Waals surface area contributed by atoms with Crippen LogP contribution in [0.15, 0.2) is 24.3 Å². The summed E-state index contributed by atoms with van der Waals surface area (Å²) in [5.74, 6) is 0.886. The molecular weight excluding hydrogens is 278 g/mol. The highest BCUT2D eigenvalue weighted by Gasteiger charge is 2.23. The van der Waals surface area contributed by atoms with Crippen LogP contribution in [0.1, 0.15) is 6.92 Å². The highest BCUT2D eigenvalue weighted by molar-refractivity contribution is 5.85. The van der Waals surface area contributed by atoms with E-state index in [0.717, 1.165) is 37.6 Å². The standard InChI is InChI=1S/C14H21N3O2.ClH/c1-11(15)14(18)17-8-6-16(7-9-17)12-4-3-5-13(10-12)19-2;/h3-5,10-11H,6-9,15H2,1-2H3;1H. The lowest BCUT2D eigenvalue weighted by Gasteiger charge is -2.36. The Balaban J connectivity index is 0.00000200. The summed E-state index contributed by atoms with van der Waals surface area (Å²) in [5.41, 5.74) is 6.76. The van der Waals surface area contributed by atoms with Gasteiger partial charge in [0.1, 0.15) is 5.75 Å². The molecule has 0 saturated carbocycles. The topological polar surface area (TPSA) is 58.8 Å². The Morgan fingerprint density at radius 1 is 1.30 bits per heavy atom. The zero-order chi connectivity index (χ0) is 13.8. The van der Waals surface area contributed by atoms with E-state index in [1.54, 1.807) is 14.0 Å². The predicted octanol–water partition coefficient (Wildman–Crippen LogP) is 1.11. The average molecular weight is 300 g/mol. The van der Waals surface area contributed by atoms with E-state index in [4.69, 9.17) is 10.5 Å². The van der Waals surface area contributed by atoms with Crippen molar-refractivity contribution in [2.24, 2.45) is 5.73 Å². The number of carbonyl (C=O) groups excluding carboxylic acids is 1. The highest BCUT2D eigenvalue weighted by Crippen LogP contribution is 2.22. The summed E-state index contributed by atoms with van der Waals surface area (Å²) < 4.78 is 5.23. The molecule has 0 spiro atoms. The van der Waals surface area contributed by atoms with Crippen molar-refractivity contribution in [2.75, 3.05) is 38.2 Å². The fourth-order valence-corrected chi connectivity index (χ4v) is 2.28. The van der Waals surface area contributed by atoms with E-state index < -0.39 is 6.04 Å². The van der Waals surface area contributed by atoms with Crippen LogP contribution in [0.4, 0.5) is 5.69 Å². The Kier molecular flexibility index (Phi) is 6.10. The second-order valence-corrected chi connectivity index (χ2v) is 4.80. The lowest BCUT2D eigenvalue weighted by atomic mass is 10.2. The molecule has 1 atom stereocenters. The van der Waals surface area contributed by atoms with Crippen LogP contribution in [0.2, 0.25) is 0 Å². The summed E-state index contributed by atoms with van der Waals surface area (Å²) in [7, 11) is 1.67. The molecule has 0 aliphatic carbocycles. The second-order valence-electron chi connectivity index (χ2n) is 4.80. The van der Waals surface area contributed by atoms with Gasteiger partial charge in [0.05, 0.1) is 13.2 Å². The summed E-state index contributed by atoms with van der Waals surface area (Å²) in [5, 5.41) is 0. The third-order valence-corrected chi connectivity index (χ3v) is 3.40. The van der Waals surface area contributed by atoms with Gasteiger partial charge >= 0.3 is 0 Å². The van der Waals surface area contributed by atoms with Gasteiger partial charge in [0.2, 0.25) is 5.91 Å². The molecule has 0 bridgehead atoms. The van der Waals surface area contributed by atoms with Crippen molar-refractivity contribution in [2.45, 2.75) is 13.0 Å². The first-order valence-electron chi connectivity index (χ1n) is 6.55. The number of carbonyl (C=O) groups is 1. The van der Waals surface area contributed by atoms with Crippen molar-refractivity contribution in [3.63, 3.8) is 0 Å².